The zero-order valence-electron chi connectivity index (χ0n) is 6.51. The van der Waals surface area contributed by atoms with Crippen molar-refractivity contribution in [3.63, 3.8) is 0 Å². The Bertz CT molecular complexity index is 61.7. The summed E-state index contributed by atoms with van der Waals surface area (Å²) in [5.41, 5.74) is 0. The Balaban J connectivity index is 0. The summed E-state index contributed by atoms with van der Waals surface area (Å²) in [4.78, 5) is 0. The van der Waals surface area contributed by atoms with E-state index in [0.29, 0.717) is 15.4 Å². The summed E-state index contributed by atoms with van der Waals surface area (Å²) < 4.78 is 0. The van der Waals surface area contributed by atoms with Crippen molar-refractivity contribution in [3.8, 4) is 0 Å². The molecule has 0 amide bonds. The molecular weight excluding hydrogens is 393 g/mol. The molecule has 0 aliphatic heterocycles. The van der Waals surface area contributed by atoms with E-state index in [1.165, 1.54) is 0 Å². The van der Waals surface area contributed by atoms with Gasteiger partial charge < -0.3 is 5.11 Å². The first kappa shape index (κ1) is 14.5. The fourth-order valence-corrected chi connectivity index (χ4v) is 0.341. The van der Waals surface area contributed by atoms with Crippen molar-refractivity contribution >= 4 is 40.0 Å². The van der Waals surface area contributed by atoms with Gasteiger partial charge in [0.05, 0.1) is 6.10 Å². The molecular formula is C6H14I2OV. The van der Waals surface area contributed by atoms with E-state index >= 15 is 0 Å². The van der Waals surface area contributed by atoms with Crippen LogP contribution in [0.1, 0.15) is 27.2 Å². The molecule has 0 fully saturated rings. The predicted octanol–water partition coefficient (Wildman–Crippen LogP) is 3.18. The summed E-state index contributed by atoms with van der Waals surface area (Å²) in [5, 5.41) is 8.82. The first-order valence-electron chi connectivity index (χ1n) is 3.20. The van der Waals surface area contributed by atoms with Crippen LogP contribution >= 0.6 is 40.0 Å². The molecule has 0 saturated carbocycles. The molecule has 0 aromatic carbocycles. The van der Waals surface area contributed by atoms with E-state index in [1.54, 1.807) is 0 Å². The Morgan fingerprint density at radius 1 is 1.40 bits per heavy atom. The van der Waals surface area contributed by atoms with Crippen LogP contribution in [0.3, 0.4) is 0 Å². The molecule has 0 aliphatic carbocycles. The number of hydrogen-bond donors (Lipinski definition) is 1. The zero-order chi connectivity index (χ0) is 8.57. The fraction of sp³-hybridized carbons (Fsp3) is 1.00. The molecule has 2 unspecified atom stereocenters. The van der Waals surface area contributed by atoms with Crippen LogP contribution in [0.4, 0.5) is 0 Å². The van der Waals surface area contributed by atoms with E-state index in [4.69, 9.17) is 5.11 Å². The summed E-state index contributed by atoms with van der Waals surface area (Å²) in [6, 6.07) is 0. The topological polar surface area (TPSA) is 20.2 Å². The van der Waals surface area contributed by atoms with Gasteiger partial charge in [-0.15, -0.1) is 0 Å². The number of halogens is 2. The van der Waals surface area contributed by atoms with Crippen LogP contribution in [-0.2, 0) is 9.47 Å². The molecule has 0 heterocycles. The fourth-order valence-electron chi connectivity index (χ4n) is 0.341. The van der Waals surface area contributed by atoms with E-state index in [1.807, 2.05) is 13.8 Å². The molecule has 0 rings (SSSR count). The Morgan fingerprint density at radius 3 is 1.70 bits per heavy atom. The van der Waals surface area contributed by atoms with Crippen LogP contribution in [0.5, 0.6) is 0 Å². The van der Waals surface area contributed by atoms with E-state index in [-0.39, 0.29) is 6.10 Å². The van der Waals surface area contributed by atoms with Crippen molar-refractivity contribution in [2.45, 2.75) is 33.3 Å². The van der Waals surface area contributed by atoms with Crippen LogP contribution in [0.2, 0.25) is 0 Å². The molecule has 0 aromatic heterocycles. The van der Waals surface area contributed by atoms with Crippen molar-refractivity contribution in [2.24, 2.45) is 5.92 Å². The van der Waals surface area contributed by atoms with Crippen LogP contribution in [0, 0.1) is 5.92 Å². The first-order valence-corrected chi connectivity index (χ1v) is 12.2. The summed E-state index contributed by atoms with van der Waals surface area (Å²) in [6.45, 7) is 5.95. The van der Waals surface area contributed by atoms with Gasteiger partial charge in [-0.1, -0.05) is 20.3 Å². The van der Waals surface area contributed by atoms with Gasteiger partial charge >= 0.3 is 49.4 Å². The number of rotatable bonds is 2. The van der Waals surface area contributed by atoms with Crippen molar-refractivity contribution in [1.29, 1.82) is 0 Å². The zero-order valence-corrected chi connectivity index (χ0v) is 12.2. The Hall–Kier alpha value is 2.00. The van der Waals surface area contributed by atoms with Crippen molar-refractivity contribution in [1.82, 2.24) is 0 Å². The molecule has 63 valence electrons. The molecule has 0 aliphatic rings. The number of aliphatic hydroxyl groups is 1. The average molecular weight is 407 g/mol. The van der Waals surface area contributed by atoms with E-state index in [0.717, 1.165) is 6.42 Å². The molecule has 0 aromatic rings. The molecule has 10 heavy (non-hydrogen) atoms. The second-order valence-electron chi connectivity index (χ2n) is 2.19. The molecule has 1 N–H and O–H groups in total. The average Bonchev–Trinajstić information content (AvgIpc) is 1.88. The minimum atomic E-state index is -0.134. The summed E-state index contributed by atoms with van der Waals surface area (Å²) in [7, 11) is 0.628. The van der Waals surface area contributed by atoms with Crippen LogP contribution in [0.15, 0.2) is 0 Å². The van der Waals surface area contributed by atoms with Crippen LogP contribution in [-0.4, -0.2) is 11.2 Å². The number of hydrogen-bond acceptors (Lipinski definition) is 1. The molecule has 0 bridgehead atoms. The molecule has 2 atom stereocenters. The van der Waals surface area contributed by atoms with E-state index in [2.05, 4.69) is 46.9 Å². The molecule has 1 nitrogen and oxygen atoms in total. The van der Waals surface area contributed by atoms with E-state index in [9.17, 15) is 0 Å². The monoisotopic (exact) mass is 407 g/mol. The summed E-state index contributed by atoms with van der Waals surface area (Å²) in [6.07, 6.45) is 0.933. The Labute approximate surface area is 92.6 Å². The predicted molar refractivity (Wildman–Crippen MR) is 59.2 cm³/mol. The van der Waals surface area contributed by atoms with Crippen molar-refractivity contribution < 1.29 is 14.6 Å². The second kappa shape index (κ2) is 11.0. The van der Waals surface area contributed by atoms with Gasteiger partial charge in [-0.3, -0.25) is 0 Å². The van der Waals surface area contributed by atoms with Gasteiger partial charge in [0.1, 0.15) is 0 Å². The van der Waals surface area contributed by atoms with Gasteiger partial charge in [-0.25, -0.2) is 0 Å². The molecule has 0 saturated heterocycles. The quantitative estimate of drug-likeness (QED) is 0.698. The van der Waals surface area contributed by atoms with Crippen molar-refractivity contribution in [2.75, 3.05) is 0 Å². The SMILES string of the molecule is CCC(C)C(C)O.[I][V][I]. The van der Waals surface area contributed by atoms with Gasteiger partial charge in [0, 0.05) is 0 Å². The van der Waals surface area contributed by atoms with Gasteiger partial charge in [0.2, 0.25) is 0 Å². The normalized spacial score (nSPS) is 14.6. The van der Waals surface area contributed by atoms with Gasteiger partial charge in [-0.05, 0) is 12.8 Å². The van der Waals surface area contributed by atoms with E-state index < -0.39 is 0 Å². The van der Waals surface area contributed by atoms with Crippen molar-refractivity contribution in [3.05, 3.63) is 0 Å². The minimum absolute atomic E-state index is 0.134. The van der Waals surface area contributed by atoms with Crippen LogP contribution < -0.4 is 0 Å². The third-order valence-corrected chi connectivity index (χ3v) is 1.47. The maximum absolute atomic E-state index is 8.82. The third-order valence-electron chi connectivity index (χ3n) is 1.47. The van der Waals surface area contributed by atoms with Gasteiger partial charge in [0.15, 0.2) is 0 Å². The Morgan fingerprint density at radius 2 is 1.70 bits per heavy atom. The second-order valence-corrected chi connectivity index (χ2v) is 14.0. The summed E-state index contributed by atoms with van der Waals surface area (Å²) in [5.74, 6) is 0.458. The third kappa shape index (κ3) is 12.7. The first-order chi connectivity index (χ1) is 4.59. The summed E-state index contributed by atoms with van der Waals surface area (Å²) >= 11 is 4.74. The van der Waals surface area contributed by atoms with Gasteiger partial charge in [-0.2, -0.15) is 0 Å². The maximum atomic E-state index is 8.82. The molecule has 4 heteroatoms. The molecule has 0 radical (unpaired) electrons. The van der Waals surface area contributed by atoms with Gasteiger partial charge in [0.25, 0.3) is 0 Å². The Kier molecular flexibility index (Phi) is 16.0. The van der Waals surface area contributed by atoms with Crippen LogP contribution in [0.25, 0.3) is 0 Å². The number of aliphatic hydroxyl groups excluding tert-OH is 1. The molecule has 0 spiro atoms. The standard InChI is InChI=1S/C6H14O.2HI.V/c1-4-5(2)6(3)7;;;/h5-7H,4H2,1-3H3;2*1H;/q;;;+2/p-2.